The summed E-state index contributed by atoms with van der Waals surface area (Å²) in [7, 11) is 0. The van der Waals surface area contributed by atoms with E-state index in [4.69, 9.17) is 22.0 Å². The van der Waals surface area contributed by atoms with E-state index in [9.17, 15) is 4.79 Å². The zero-order valence-corrected chi connectivity index (χ0v) is 9.72. The molecule has 1 aromatic heterocycles. The van der Waals surface area contributed by atoms with Crippen molar-refractivity contribution in [1.82, 2.24) is 9.97 Å². The van der Waals surface area contributed by atoms with Gasteiger partial charge in [-0.1, -0.05) is 17.7 Å². The summed E-state index contributed by atoms with van der Waals surface area (Å²) in [4.78, 5) is 18.5. The molecule has 18 heavy (non-hydrogen) atoms. The largest absolute Gasteiger partial charge is 0.478 e. The fourth-order valence-electron chi connectivity index (χ4n) is 1.40. The van der Waals surface area contributed by atoms with Gasteiger partial charge in [0, 0.05) is 18.0 Å². The molecular weight excluding hydrogens is 254 g/mol. The highest BCUT2D eigenvalue weighted by Gasteiger charge is 2.10. The van der Waals surface area contributed by atoms with E-state index in [-0.39, 0.29) is 16.4 Å². The van der Waals surface area contributed by atoms with Gasteiger partial charge in [0.25, 0.3) is 0 Å². The summed E-state index contributed by atoms with van der Waals surface area (Å²) < 4.78 is 0. The van der Waals surface area contributed by atoms with Crippen molar-refractivity contribution in [3.05, 3.63) is 47.0 Å². The molecule has 0 fully saturated rings. The molecule has 2 aromatic rings. The van der Waals surface area contributed by atoms with Crippen molar-refractivity contribution in [1.29, 1.82) is 5.26 Å². The Kier molecular flexibility index (Phi) is 3.22. The zero-order chi connectivity index (χ0) is 13.1. The summed E-state index contributed by atoms with van der Waals surface area (Å²) in [5.74, 6) is -1.00. The van der Waals surface area contributed by atoms with Crippen LogP contribution < -0.4 is 0 Å². The zero-order valence-electron chi connectivity index (χ0n) is 8.96. The molecule has 6 heteroatoms. The van der Waals surface area contributed by atoms with Gasteiger partial charge in [0.1, 0.15) is 6.07 Å². The number of hydrogen-bond donors (Lipinski definition) is 1. The summed E-state index contributed by atoms with van der Waals surface area (Å²) in [6.07, 6.45) is 2.97. The summed E-state index contributed by atoms with van der Waals surface area (Å²) in [6.45, 7) is 0. The van der Waals surface area contributed by atoms with E-state index in [1.165, 1.54) is 24.5 Å². The lowest BCUT2D eigenvalue weighted by atomic mass is 10.1. The number of halogens is 1. The van der Waals surface area contributed by atoms with Crippen LogP contribution in [0.2, 0.25) is 5.02 Å². The molecule has 1 aromatic carbocycles. The summed E-state index contributed by atoms with van der Waals surface area (Å²) in [5, 5.41) is 17.6. The fourth-order valence-corrected chi connectivity index (χ4v) is 1.66. The third-order valence-electron chi connectivity index (χ3n) is 2.28. The molecule has 0 aliphatic heterocycles. The number of aromatic carboxylic acids is 1. The van der Waals surface area contributed by atoms with Crippen LogP contribution in [0.5, 0.6) is 0 Å². The molecule has 0 saturated heterocycles. The summed E-state index contributed by atoms with van der Waals surface area (Å²) in [5.41, 5.74) is 1.39. The Morgan fingerprint density at radius 1 is 1.28 bits per heavy atom. The Morgan fingerprint density at radius 3 is 2.44 bits per heavy atom. The average molecular weight is 260 g/mol. The molecule has 1 N–H and O–H groups in total. The summed E-state index contributed by atoms with van der Waals surface area (Å²) in [6, 6.07) is 6.36. The van der Waals surface area contributed by atoms with Gasteiger partial charge < -0.3 is 5.11 Å². The molecule has 0 aliphatic carbocycles. The SMILES string of the molecule is N#Cc1ncc(-c2ccc(C(=O)O)c(Cl)c2)cn1. The lowest BCUT2D eigenvalue weighted by molar-refractivity contribution is 0.0697. The molecule has 88 valence electrons. The molecular formula is C12H6ClN3O2. The number of nitrogens with zero attached hydrogens (tertiary/aromatic N) is 3. The van der Waals surface area contributed by atoms with E-state index in [1.54, 1.807) is 6.07 Å². The highest BCUT2D eigenvalue weighted by atomic mass is 35.5. The number of aromatic nitrogens is 2. The molecule has 0 radical (unpaired) electrons. The molecule has 0 atom stereocenters. The van der Waals surface area contributed by atoms with Crippen LogP contribution in [-0.4, -0.2) is 21.0 Å². The van der Waals surface area contributed by atoms with Gasteiger partial charge in [-0.3, -0.25) is 0 Å². The lowest BCUT2D eigenvalue weighted by Crippen LogP contribution is -1.97. The second-order valence-electron chi connectivity index (χ2n) is 3.41. The smallest absolute Gasteiger partial charge is 0.337 e. The molecule has 1 heterocycles. The number of hydrogen-bond acceptors (Lipinski definition) is 4. The second-order valence-corrected chi connectivity index (χ2v) is 3.81. The maximum atomic E-state index is 10.8. The molecule has 0 spiro atoms. The van der Waals surface area contributed by atoms with Crippen molar-refractivity contribution in [3.8, 4) is 17.2 Å². The molecule has 2 rings (SSSR count). The predicted molar refractivity (Wildman–Crippen MR) is 64.2 cm³/mol. The number of carboxylic acids is 1. The average Bonchev–Trinajstić information content (AvgIpc) is 2.38. The van der Waals surface area contributed by atoms with Gasteiger partial charge in [-0.25, -0.2) is 14.8 Å². The first-order valence-electron chi connectivity index (χ1n) is 4.87. The van der Waals surface area contributed by atoms with Crippen LogP contribution in [0.25, 0.3) is 11.1 Å². The minimum atomic E-state index is -1.08. The second kappa shape index (κ2) is 4.82. The predicted octanol–water partition coefficient (Wildman–Crippen LogP) is 2.37. The van der Waals surface area contributed by atoms with Gasteiger partial charge in [-0.2, -0.15) is 5.26 Å². The molecule has 0 bridgehead atoms. The summed E-state index contributed by atoms with van der Waals surface area (Å²) >= 11 is 5.86. The third-order valence-corrected chi connectivity index (χ3v) is 2.60. The highest BCUT2D eigenvalue weighted by Crippen LogP contribution is 2.24. The van der Waals surface area contributed by atoms with E-state index < -0.39 is 5.97 Å². The maximum Gasteiger partial charge on any atom is 0.337 e. The van der Waals surface area contributed by atoms with E-state index in [0.717, 1.165) is 0 Å². The lowest BCUT2D eigenvalue weighted by Gasteiger charge is -2.03. The van der Waals surface area contributed by atoms with Crippen molar-refractivity contribution < 1.29 is 9.90 Å². The van der Waals surface area contributed by atoms with Crippen molar-refractivity contribution >= 4 is 17.6 Å². The molecule has 0 saturated carbocycles. The van der Waals surface area contributed by atoms with Gasteiger partial charge in [0.05, 0.1) is 10.6 Å². The van der Waals surface area contributed by atoms with Crippen LogP contribution in [-0.2, 0) is 0 Å². The number of nitriles is 1. The normalized spacial score (nSPS) is 9.78. The molecule has 5 nitrogen and oxygen atoms in total. The first-order chi connectivity index (χ1) is 8.61. The Hall–Kier alpha value is -2.45. The van der Waals surface area contributed by atoms with Crippen LogP contribution in [0.15, 0.2) is 30.6 Å². The van der Waals surface area contributed by atoms with Crippen LogP contribution >= 0.6 is 11.6 Å². The van der Waals surface area contributed by atoms with Gasteiger partial charge >= 0.3 is 5.97 Å². The van der Waals surface area contributed by atoms with E-state index in [0.29, 0.717) is 11.1 Å². The number of benzene rings is 1. The van der Waals surface area contributed by atoms with Crippen molar-refractivity contribution in [3.63, 3.8) is 0 Å². The Balaban J connectivity index is 2.42. The first-order valence-corrected chi connectivity index (χ1v) is 5.25. The first kappa shape index (κ1) is 12.0. The highest BCUT2D eigenvalue weighted by molar-refractivity contribution is 6.33. The van der Waals surface area contributed by atoms with E-state index in [1.807, 2.05) is 6.07 Å². The monoisotopic (exact) mass is 259 g/mol. The van der Waals surface area contributed by atoms with Gasteiger partial charge in [-0.05, 0) is 17.7 Å². The van der Waals surface area contributed by atoms with Crippen LogP contribution in [0.4, 0.5) is 0 Å². The topological polar surface area (TPSA) is 86.9 Å². The Bertz CT molecular complexity index is 647. The van der Waals surface area contributed by atoms with E-state index in [2.05, 4.69) is 9.97 Å². The van der Waals surface area contributed by atoms with E-state index >= 15 is 0 Å². The number of carboxylic acid groups (broad SMARTS) is 1. The van der Waals surface area contributed by atoms with Gasteiger partial charge in [-0.15, -0.1) is 0 Å². The van der Waals surface area contributed by atoms with Crippen molar-refractivity contribution in [2.24, 2.45) is 0 Å². The number of carbonyl (C=O) groups is 1. The minimum absolute atomic E-state index is 0.0370. The minimum Gasteiger partial charge on any atom is -0.478 e. The Morgan fingerprint density at radius 2 is 1.94 bits per heavy atom. The molecule has 0 unspecified atom stereocenters. The Labute approximate surface area is 107 Å². The van der Waals surface area contributed by atoms with Crippen molar-refractivity contribution in [2.75, 3.05) is 0 Å². The van der Waals surface area contributed by atoms with Crippen LogP contribution in [0, 0.1) is 11.3 Å². The standard InChI is InChI=1S/C12H6ClN3O2/c13-10-3-7(1-2-9(10)12(17)18)8-5-15-11(4-14)16-6-8/h1-3,5-6H,(H,17,18). The fraction of sp³-hybridized carbons (Fsp3) is 0. The third kappa shape index (κ3) is 2.29. The quantitative estimate of drug-likeness (QED) is 0.895. The van der Waals surface area contributed by atoms with Crippen LogP contribution in [0.3, 0.4) is 0 Å². The van der Waals surface area contributed by atoms with Gasteiger partial charge in [0.2, 0.25) is 5.82 Å². The molecule has 0 aliphatic rings. The van der Waals surface area contributed by atoms with Gasteiger partial charge in [0.15, 0.2) is 0 Å². The maximum absolute atomic E-state index is 10.8. The van der Waals surface area contributed by atoms with Crippen LogP contribution in [0.1, 0.15) is 16.2 Å². The van der Waals surface area contributed by atoms with Crippen molar-refractivity contribution in [2.45, 2.75) is 0 Å². The molecule has 0 amide bonds. The number of rotatable bonds is 2.